The Labute approximate surface area is 178 Å². The van der Waals surface area contributed by atoms with E-state index in [0.717, 1.165) is 25.9 Å². The summed E-state index contributed by atoms with van der Waals surface area (Å²) in [5.74, 6) is 1.37. The zero-order valence-corrected chi connectivity index (χ0v) is 17.3. The van der Waals surface area contributed by atoms with E-state index in [9.17, 15) is 5.26 Å². The molecule has 1 aliphatic rings. The summed E-state index contributed by atoms with van der Waals surface area (Å²) in [4.78, 5) is 13.4. The third-order valence-electron chi connectivity index (χ3n) is 5.00. The molecular formula is C24H27N5O. The van der Waals surface area contributed by atoms with Crippen LogP contribution in [0.3, 0.4) is 0 Å². The van der Waals surface area contributed by atoms with Crippen molar-refractivity contribution in [2.75, 3.05) is 42.6 Å². The third-order valence-corrected chi connectivity index (χ3v) is 5.00. The van der Waals surface area contributed by atoms with Gasteiger partial charge in [-0.1, -0.05) is 49.1 Å². The lowest BCUT2D eigenvalue weighted by molar-refractivity contribution is 0.347. The SMILES string of the molecule is C=CCOc1nc(N(CC=C)CC=C)nc(N2CCc3ccccc3CC2)c1C#N. The van der Waals surface area contributed by atoms with Gasteiger partial charge in [-0.05, 0) is 24.0 Å². The zero-order valence-electron chi connectivity index (χ0n) is 17.3. The number of rotatable bonds is 9. The van der Waals surface area contributed by atoms with Crippen LogP contribution in [0.5, 0.6) is 5.88 Å². The van der Waals surface area contributed by atoms with Crippen LogP contribution in [0.25, 0.3) is 0 Å². The molecule has 6 nitrogen and oxygen atoms in total. The van der Waals surface area contributed by atoms with Gasteiger partial charge in [0.25, 0.3) is 0 Å². The molecule has 0 saturated carbocycles. The monoisotopic (exact) mass is 401 g/mol. The quantitative estimate of drug-likeness (QED) is 0.597. The number of hydrogen-bond donors (Lipinski definition) is 0. The van der Waals surface area contributed by atoms with Gasteiger partial charge < -0.3 is 14.5 Å². The molecule has 30 heavy (non-hydrogen) atoms. The molecule has 0 bridgehead atoms. The lowest BCUT2D eigenvalue weighted by Crippen LogP contribution is -2.31. The lowest BCUT2D eigenvalue weighted by atomic mass is 10.0. The van der Waals surface area contributed by atoms with E-state index in [-0.39, 0.29) is 12.5 Å². The molecule has 1 aromatic heterocycles. The van der Waals surface area contributed by atoms with Crippen LogP contribution in [0.15, 0.2) is 62.2 Å². The molecule has 0 spiro atoms. The van der Waals surface area contributed by atoms with Gasteiger partial charge in [0.1, 0.15) is 12.7 Å². The molecule has 0 saturated heterocycles. The summed E-state index contributed by atoms with van der Waals surface area (Å²) < 4.78 is 5.75. The van der Waals surface area contributed by atoms with Crippen molar-refractivity contribution in [2.24, 2.45) is 0 Å². The fourth-order valence-corrected chi connectivity index (χ4v) is 3.56. The fraction of sp³-hybridized carbons (Fsp3) is 0.292. The molecule has 0 amide bonds. The Bertz CT molecular complexity index is 926. The predicted octanol–water partition coefficient (Wildman–Crippen LogP) is 3.70. The number of fused-ring (bicyclic) bond motifs is 1. The first-order valence-corrected chi connectivity index (χ1v) is 10.1. The Morgan fingerprint density at radius 3 is 2.20 bits per heavy atom. The molecule has 0 unspecified atom stereocenters. The number of ether oxygens (including phenoxy) is 1. The van der Waals surface area contributed by atoms with Gasteiger partial charge in [-0.15, -0.1) is 13.2 Å². The highest BCUT2D eigenvalue weighted by Gasteiger charge is 2.24. The van der Waals surface area contributed by atoms with E-state index in [1.165, 1.54) is 11.1 Å². The van der Waals surface area contributed by atoms with Crippen molar-refractivity contribution in [3.05, 3.63) is 78.9 Å². The van der Waals surface area contributed by atoms with Gasteiger partial charge in [-0.25, -0.2) is 0 Å². The number of nitriles is 1. The van der Waals surface area contributed by atoms with Crippen LogP contribution in [0.2, 0.25) is 0 Å². The molecule has 0 N–H and O–H groups in total. The largest absolute Gasteiger partial charge is 0.472 e. The minimum atomic E-state index is 0.263. The topological polar surface area (TPSA) is 65.3 Å². The van der Waals surface area contributed by atoms with Crippen molar-refractivity contribution >= 4 is 11.8 Å². The number of anilines is 2. The van der Waals surface area contributed by atoms with Gasteiger partial charge in [0, 0.05) is 26.2 Å². The lowest BCUT2D eigenvalue weighted by Gasteiger charge is -2.26. The minimum absolute atomic E-state index is 0.263. The zero-order chi connectivity index (χ0) is 21.3. The second kappa shape index (κ2) is 10.3. The number of benzene rings is 1. The second-order valence-electron chi connectivity index (χ2n) is 6.98. The molecule has 3 rings (SSSR count). The van der Waals surface area contributed by atoms with E-state index < -0.39 is 0 Å². The van der Waals surface area contributed by atoms with Gasteiger partial charge in [-0.2, -0.15) is 15.2 Å². The average molecular weight is 402 g/mol. The Morgan fingerprint density at radius 2 is 1.67 bits per heavy atom. The van der Waals surface area contributed by atoms with Crippen molar-refractivity contribution in [2.45, 2.75) is 12.8 Å². The van der Waals surface area contributed by atoms with Gasteiger partial charge in [0.2, 0.25) is 11.8 Å². The van der Waals surface area contributed by atoms with E-state index in [1.54, 1.807) is 18.2 Å². The van der Waals surface area contributed by atoms with Crippen LogP contribution < -0.4 is 14.5 Å². The van der Waals surface area contributed by atoms with E-state index in [4.69, 9.17) is 9.72 Å². The Balaban J connectivity index is 2.03. The predicted molar refractivity (Wildman–Crippen MR) is 121 cm³/mol. The smallest absolute Gasteiger partial charge is 0.239 e. The molecule has 1 aliphatic heterocycles. The summed E-state index contributed by atoms with van der Waals surface area (Å²) in [5, 5.41) is 9.90. The van der Waals surface area contributed by atoms with Gasteiger partial charge in [0.05, 0.1) is 0 Å². The number of hydrogen-bond acceptors (Lipinski definition) is 6. The van der Waals surface area contributed by atoms with E-state index in [0.29, 0.717) is 30.4 Å². The molecule has 0 fully saturated rings. The van der Waals surface area contributed by atoms with Crippen molar-refractivity contribution in [1.29, 1.82) is 5.26 Å². The molecule has 2 aromatic rings. The van der Waals surface area contributed by atoms with Gasteiger partial charge in [0.15, 0.2) is 11.4 Å². The normalized spacial score (nSPS) is 12.8. The Hall–Kier alpha value is -3.59. The van der Waals surface area contributed by atoms with Gasteiger partial charge in [-0.3, -0.25) is 0 Å². The molecular weight excluding hydrogens is 374 g/mol. The molecule has 154 valence electrons. The summed E-state index contributed by atoms with van der Waals surface area (Å²) in [7, 11) is 0. The van der Waals surface area contributed by atoms with Crippen LogP contribution >= 0.6 is 0 Å². The maximum atomic E-state index is 9.90. The highest BCUT2D eigenvalue weighted by atomic mass is 16.5. The summed E-state index contributed by atoms with van der Waals surface area (Å²) in [6.45, 7) is 14.3. The van der Waals surface area contributed by atoms with Crippen molar-refractivity contribution in [1.82, 2.24) is 9.97 Å². The van der Waals surface area contributed by atoms with Crippen LogP contribution in [0.1, 0.15) is 16.7 Å². The molecule has 0 radical (unpaired) electrons. The third kappa shape index (κ3) is 4.69. The summed E-state index contributed by atoms with van der Waals surface area (Å²) in [5.41, 5.74) is 3.04. The first kappa shape index (κ1) is 21.1. The molecule has 0 aliphatic carbocycles. The van der Waals surface area contributed by atoms with Crippen LogP contribution in [0.4, 0.5) is 11.8 Å². The standard InChI is InChI=1S/C24H27N5O/c1-4-13-29(14-5-2)24-26-22(21(18-25)23(27-24)30-17-6-3)28-15-11-19-9-7-8-10-20(19)12-16-28/h4-10H,1-3,11-17H2. The summed E-state index contributed by atoms with van der Waals surface area (Å²) in [6, 6.07) is 10.7. The van der Waals surface area contributed by atoms with Crippen molar-refractivity contribution in [3.63, 3.8) is 0 Å². The number of aromatic nitrogens is 2. The Morgan fingerprint density at radius 1 is 1.03 bits per heavy atom. The molecule has 0 atom stereocenters. The van der Waals surface area contributed by atoms with E-state index in [1.807, 2.05) is 4.90 Å². The second-order valence-corrected chi connectivity index (χ2v) is 6.98. The first-order valence-electron chi connectivity index (χ1n) is 10.1. The molecule has 2 heterocycles. The van der Waals surface area contributed by atoms with Crippen LogP contribution in [0, 0.1) is 11.3 Å². The summed E-state index contributed by atoms with van der Waals surface area (Å²) >= 11 is 0. The Kier molecular flexibility index (Phi) is 7.23. The molecule has 1 aromatic carbocycles. The molecule has 6 heteroatoms. The first-order chi connectivity index (χ1) is 14.7. The van der Waals surface area contributed by atoms with Gasteiger partial charge >= 0.3 is 0 Å². The van der Waals surface area contributed by atoms with E-state index in [2.05, 4.69) is 60.0 Å². The van der Waals surface area contributed by atoms with E-state index >= 15 is 0 Å². The van der Waals surface area contributed by atoms with Crippen LogP contribution in [-0.4, -0.2) is 42.8 Å². The highest BCUT2D eigenvalue weighted by molar-refractivity contribution is 5.62. The fourth-order valence-electron chi connectivity index (χ4n) is 3.56. The maximum Gasteiger partial charge on any atom is 0.239 e. The summed E-state index contributed by atoms with van der Waals surface area (Å²) in [6.07, 6.45) is 7.00. The minimum Gasteiger partial charge on any atom is -0.472 e. The maximum absolute atomic E-state index is 9.90. The van der Waals surface area contributed by atoms with Crippen LogP contribution in [-0.2, 0) is 12.8 Å². The number of nitrogens with zero attached hydrogens (tertiary/aromatic N) is 5. The van der Waals surface area contributed by atoms with Crippen molar-refractivity contribution < 1.29 is 4.74 Å². The van der Waals surface area contributed by atoms with Crippen molar-refractivity contribution in [3.8, 4) is 11.9 Å². The average Bonchev–Trinajstić information content (AvgIpc) is 2.99. The highest BCUT2D eigenvalue weighted by Crippen LogP contribution is 2.30.